The lowest BCUT2D eigenvalue weighted by molar-refractivity contribution is 0.0122. The summed E-state index contributed by atoms with van der Waals surface area (Å²) in [5.41, 5.74) is 0. The maximum absolute atomic E-state index is 5.22. The van der Waals surface area contributed by atoms with Gasteiger partial charge in [-0.05, 0) is 7.05 Å². The van der Waals surface area contributed by atoms with Crippen molar-refractivity contribution in [3.63, 3.8) is 0 Å². The third-order valence-corrected chi connectivity index (χ3v) is 1.46. The topological polar surface area (TPSA) is 12.5 Å². The van der Waals surface area contributed by atoms with Crippen LogP contribution in [0.1, 0.15) is 0 Å². The summed E-state index contributed by atoms with van der Waals surface area (Å²) < 4.78 is 5.22. The van der Waals surface area contributed by atoms with E-state index >= 15 is 0 Å². The number of hydrogen-bond acceptors (Lipinski definition) is 2. The van der Waals surface area contributed by atoms with Crippen molar-refractivity contribution >= 4 is 0 Å². The Hall–Kier alpha value is -0.520. The monoisotopic (exact) mass is 125 g/mol. The summed E-state index contributed by atoms with van der Waals surface area (Å²) in [6, 6.07) is 0. The van der Waals surface area contributed by atoms with E-state index in [4.69, 9.17) is 11.2 Å². The van der Waals surface area contributed by atoms with Gasteiger partial charge < -0.3 is 9.64 Å². The number of likely N-dealkylation sites (N-methyl/N-ethyl adjacent to an activating group) is 1. The van der Waals surface area contributed by atoms with E-state index < -0.39 is 0 Å². The van der Waals surface area contributed by atoms with E-state index in [2.05, 4.69) is 10.8 Å². The average Bonchev–Trinajstić information content (AvgIpc) is 1.88. The molecule has 0 aliphatic carbocycles. The van der Waals surface area contributed by atoms with Crippen LogP contribution < -0.4 is 0 Å². The minimum atomic E-state index is 0.0174. The average molecular weight is 125 g/mol. The van der Waals surface area contributed by atoms with Gasteiger partial charge in [0.2, 0.25) is 0 Å². The number of terminal acetylenes is 1. The molecule has 0 aromatic carbocycles. The third-order valence-electron chi connectivity index (χ3n) is 1.46. The van der Waals surface area contributed by atoms with Gasteiger partial charge in [-0.15, -0.1) is 6.42 Å². The number of morpholine rings is 1. The largest absolute Gasteiger partial charge is 0.363 e. The summed E-state index contributed by atoms with van der Waals surface area (Å²) >= 11 is 0. The van der Waals surface area contributed by atoms with Gasteiger partial charge in [0.25, 0.3) is 0 Å². The lowest BCUT2D eigenvalue weighted by Gasteiger charge is -2.26. The van der Waals surface area contributed by atoms with Crippen LogP contribution in [0.5, 0.6) is 0 Å². The zero-order valence-corrected chi connectivity index (χ0v) is 5.63. The summed E-state index contributed by atoms with van der Waals surface area (Å²) in [5, 5.41) is 0. The van der Waals surface area contributed by atoms with Crippen LogP contribution in [0.3, 0.4) is 0 Å². The molecule has 1 aliphatic rings. The molecule has 1 fully saturated rings. The van der Waals surface area contributed by atoms with Gasteiger partial charge in [0.1, 0.15) is 6.10 Å². The second kappa shape index (κ2) is 2.86. The van der Waals surface area contributed by atoms with E-state index in [-0.39, 0.29) is 6.10 Å². The van der Waals surface area contributed by atoms with Crippen LogP contribution in [0, 0.1) is 12.3 Å². The number of hydrogen-bond donors (Lipinski definition) is 0. The molecule has 1 heterocycles. The summed E-state index contributed by atoms with van der Waals surface area (Å²) in [7, 11) is 2.05. The first kappa shape index (κ1) is 6.60. The molecular formula is C7H11NO. The Balaban J connectivity index is 2.34. The van der Waals surface area contributed by atoms with Crippen LogP contribution in [0.4, 0.5) is 0 Å². The highest BCUT2D eigenvalue weighted by molar-refractivity contribution is 4.97. The molecule has 50 valence electrons. The molecule has 1 rings (SSSR count). The molecule has 0 N–H and O–H groups in total. The lowest BCUT2D eigenvalue weighted by Crippen LogP contribution is -2.39. The van der Waals surface area contributed by atoms with Gasteiger partial charge in [-0.25, -0.2) is 0 Å². The second-order valence-corrected chi connectivity index (χ2v) is 2.29. The normalized spacial score (nSPS) is 29.6. The molecule has 0 spiro atoms. The fourth-order valence-electron chi connectivity index (χ4n) is 0.879. The quantitative estimate of drug-likeness (QED) is 0.421. The molecule has 1 atom stereocenters. The summed E-state index contributed by atoms with van der Waals surface area (Å²) in [5.74, 6) is 2.57. The van der Waals surface area contributed by atoms with Gasteiger partial charge >= 0.3 is 0 Å². The predicted molar refractivity (Wildman–Crippen MR) is 36.1 cm³/mol. The van der Waals surface area contributed by atoms with E-state index in [9.17, 15) is 0 Å². The van der Waals surface area contributed by atoms with Crippen molar-refractivity contribution < 1.29 is 4.74 Å². The van der Waals surface area contributed by atoms with Gasteiger partial charge in [0, 0.05) is 13.1 Å². The maximum Gasteiger partial charge on any atom is 0.130 e. The van der Waals surface area contributed by atoms with Gasteiger partial charge in [0.05, 0.1) is 6.61 Å². The van der Waals surface area contributed by atoms with Crippen LogP contribution in [-0.4, -0.2) is 37.7 Å². The van der Waals surface area contributed by atoms with E-state index in [1.165, 1.54) is 0 Å². The molecule has 0 saturated carbocycles. The maximum atomic E-state index is 5.22. The molecule has 1 aliphatic heterocycles. The summed E-state index contributed by atoms with van der Waals surface area (Å²) in [4.78, 5) is 2.17. The van der Waals surface area contributed by atoms with Crippen LogP contribution >= 0.6 is 0 Å². The Bertz CT molecular complexity index is 127. The number of nitrogens with zero attached hydrogens (tertiary/aromatic N) is 1. The van der Waals surface area contributed by atoms with Crippen LogP contribution in [0.15, 0.2) is 0 Å². The predicted octanol–water partition coefficient (Wildman–Crippen LogP) is -0.0498. The van der Waals surface area contributed by atoms with Crippen molar-refractivity contribution in [3.05, 3.63) is 0 Å². The fraction of sp³-hybridized carbons (Fsp3) is 0.714. The van der Waals surface area contributed by atoms with Crippen LogP contribution in [0.25, 0.3) is 0 Å². The fourth-order valence-corrected chi connectivity index (χ4v) is 0.879. The summed E-state index contributed by atoms with van der Waals surface area (Å²) in [6.07, 6.45) is 5.18. The molecule has 0 radical (unpaired) electrons. The van der Waals surface area contributed by atoms with Crippen molar-refractivity contribution in [1.82, 2.24) is 4.90 Å². The Morgan fingerprint density at radius 2 is 2.56 bits per heavy atom. The van der Waals surface area contributed by atoms with E-state index in [0.29, 0.717) is 0 Å². The molecule has 0 amide bonds. The molecule has 0 unspecified atom stereocenters. The van der Waals surface area contributed by atoms with Crippen LogP contribution in [-0.2, 0) is 4.74 Å². The Kier molecular flexibility index (Phi) is 2.10. The molecule has 0 aromatic heterocycles. The first-order valence-corrected chi connectivity index (χ1v) is 3.09. The number of ether oxygens (including phenoxy) is 1. The standard InChI is InChI=1S/C7H11NO/c1-3-7-6-8(2)4-5-9-7/h1,7H,4-6H2,2H3/t7-/m1/s1. The summed E-state index contributed by atoms with van der Waals surface area (Å²) in [6.45, 7) is 2.64. The first-order chi connectivity index (χ1) is 4.33. The molecule has 9 heavy (non-hydrogen) atoms. The molecule has 2 heteroatoms. The minimum absolute atomic E-state index is 0.0174. The lowest BCUT2D eigenvalue weighted by atomic mass is 10.3. The van der Waals surface area contributed by atoms with E-state index in [1.807, 2.05) is 7.05 Å². The highest BCUT2D eigenvalue weighted by atomic mass is 16.5. The Labute approximate surface area is 55.8 Å². The highest BCUT2D eigenvalue weighted by Gasteiger charge is 2.13. The number of rotatable bonds is 0. The van der Waals surface area contributed by atoms with E-state index in [1.54, 1.807) is 0 Å². The zero-order valence-electron chi connectivity index (χ0n) is 5.63. The van der Waals surface area contributed by atoms with Gasteiger partial charge in [-0.1, -0.05) is 5.92 Å². The first-order valence-electron chi connectivity index (χ1n) is 3.09. The van der Waals surface area contributed by atoms with Gasteiger partial charge in [0.15, 0.2) is 0 Å². The highest BCUT2D eigenvalue weighted by Crippen LogP contribution is 1.99. The van der Waals surface area contributed by atoms with Crippen molar-refractivity contribution in [2.24, 2.45) is 0 Å². The Morgan fingerprint density at radius 1 is 1.78 bits per heavy atom. The van der Waals surface area contributed by atoms with Crippen molar-refractivity contribution in [3.8, 4) is 12.3 Å². The third kappa shape index (κ3) is 1.70. The van der Waals surface area contributed by atoms with Gasteiger partial charge in [-0.2, -0.15) is 0 Å². The van der Waals surface area contributed by atoms with Crippen molar-refractivity contribution in [2.45, 2.75) is 6.10 Å². The molecule has 0 aromatic rings. The van der Waals surface area contributed by atoms with Crippen molar-refractivity contribution in [2.75, 3.05) is 26.7 Å². The minimum Gasteiger partial charge on any atom is -0.363 e. The molecule has 2 nitrogen and oxygen atoms in total. The molecule has 0 bridgehead atoms. The SMILES string of the molecule is C#C[C@@H]1CN(C)CCO1. The molecule has 1 saturated heterocycles. The zero-order chi connectivity index (χ0) is 6.69. The van der Waals surface area contributed by atoms with Gasteiger partial charge in [-0.3, -0.25) is 0 Å². The smallest absolute Gasteiger partial charge is 0.130 e. The van der Waals surface area contributed by atoms with Crippen molar-refractivity contribution in [1.29, 1.82) is 0 Å². The Morgan fingerprint density at radius 3 is 3.00 bits per heavy atom. The molecular weight excluding hydrogens is 114 g/mol. The van der Waals surface area contributed by atoms with Crippen LogP contribution in [0.2, 0.25) is 0 Å². The second-order valence-electron chi connectivity index (χ2n) is 2.29. The van der Waals surface area contributed by atoms with E-state index in [0.717, 1.165) is 19.7 Å².